The van der Waals surface area contributed by atoms with Crippen LogP contribution in [0.5, 0.6) is 5.75 Å². The Labute approximate surface area is 137 Å². The fourth-order valence-electron chi connectivity index (χ4n) is 2.63. The van der Waals surface area contributed by atoms with E-state index in [0.29, 0.717) is 13.2 Å². The first kappa shape index (κ1) is 17.7. The average Bonchev–Trinajstić information content (AvgIpc) is 2.61. The van der Waals surface area contributed by atoms with Crippen molar-refractivity contribution in [3.05, 3.63) is 29.8 Å². The van der Waals surface area contributed by atoms with Crippen molar-refractivity contribution in [1.82, 2.24) is 10.2 Å². The first-order chi connectivity index (χ1) is 11.2. The third-order valence-corrected chi connectivity index (χ3v) is 3.92. The van der Waals surface area contributed by atoms with E-state index in [1.165, 1.54) is 0 Å². The van der Waals surface area contributed by atoms with E-state index >= 15 is 0 Å². The molecule has 1 atom stereocenters. The maximum Gasteiger partial charge on any atom is 0.246 e. The van der Waals surface area contributed by atoms with Crippen LogP contribution in [-0.2, 0) is 14.3 Å². The van der Waals surface area contributed by atoms with Crippen molar-refractivity contribution in [1.29, 1.82) is 0 Å². The summed E-state index contributed by atoms with van der Waals surface area (Å²) in [5.74, 6) is 0.744. The second-order valence-electron chi connectivity index (χ2n) is 5.38. The predicted molar refractivity (Wildman–Crippen MR) is 87.6 cm³/mol. The van der Waals surface area contributed by atoms with E-state index in [9.17, 15) is 4.79 Å². The topological polar surface area (TPSA) is 60.0 Å². The lowest BCUT2D eigenvalue weighted by Gasteiger charge is -2.35. The van der Waals surface area contributed by atoms with Crippen LogP contribution in [0.1, 0.15) is 18.5 Å². The smallest absolute Gasteiger partial charge is 0.246 e. The zero-order chi connectivity index (χ0) is 16.5. The molecule has 1 aliphatic rings. The fraction of sp³-hybridized carbons (Fsp3) is 0.588. The predicted octanol–water partition coefficient (Wildman–Crippen LogP) is 1.22. The van der Waals surface area contributed by atoms with Crippen molar-refractivity contribution in [2.24, 2.45) is 0 Å². The maximum absolute atomic E-state index is 11.8. The van der Waals surface area contributed by atoms with Crippen molar-refractivity contribution in [2.45, 2.75) is 13.0 Å². The van der Waals surface area contributed by atoms with Crippen molar-refractivity contribution in [2.75, 3.05) is 53.2 Å². The zero-order valence-electron chi connectivity index (χ0n) is 13.9. The molecular formula is C17H26N2O4. The van der Waals surface area contributed by atoms with Crippen LogP contribution in [0.2, 0.25) is 0 Å². The number of morpholine rings is 1. The third kappa shape index (κ3) is 5.49. The molecule has 0 bridgehead atoms. The van der Waals surface area contributed by atoms with E-state index in [1.54, 1.807) is 7.11 Å². The van der Waals surface area contributed by atoms with Crippen molar-refractivity contribution >= 4 is 5.91 Å². The number of methoxy groups -OCH3 is 1. The second-order valence-corrected chi connectivity index (χ2v) is 5.38. The van der Waals surface area contributed by atoms with Gasteiger partial charge in [-0.3, -0.25) is 9.69 Å². The van der Waals surface area contributed by atoms with Crippen LogP contribution in [-0.4, -0.2) is 64.0 Å². The van der Waals surface area contributed by atoms with Gasteiger partial charge in [-0.05, 0) is 24.6 Å². The van der Waals surface area contributed by atoms with Gasteiger partial charge in [-0.25, -0.2) is 0 Å². The summed E-state index contributed by atoms with van der Waals surface area (Å²) in [7, 11) is 1.66. The minimum atomic E-state index is -0.0846. The highest BCUT2D eigenvalue weighted by Crippen LogP contribution is 2.23. The molecule has 0 radical (unpaired) electrons. The minimum Gasteiger partial charge on any atom is -0.497 e. The number of nitrogens with zero attached hydrogens (tertiary/aromatic N) is 1. The summed E-state index contributed by atoms with van der Waals surface area (Å²) in [4.78, 5) is 14.2. The summed E-state index contributed by atoms with van der Waals surface area (Å²) in [6.45, 7) is 6.24. The minimum absolute atomic E-state index is 0.0846. The molecule has 1 unspecified atom stereocenters. The highest BCUT2D eigenvalue weighted by molar-refractivity contribution is 5.77. The molecule has 1 saturated heterocycles. The lowest BCUT2D eigenvalue weighted by Crippen LogP contribution is -2.44. The Morgan fingerprint density at radius 1 is 1.30 bits per heavy atom. The number of carbonyl (C=O) groups is 1. The van der Waals surface area contributed by atoms with Crippen LogP contribution in [0, 0.1) is 0 Å². The molecule has 6 heteroatoms. The largest absolute Gasteiger partial charge is 0.497 e. The molecule has 1 fully saturated rings. The van der Waals surface area contributed by atoms with Gasteiger partial charge in [-0.15, -0.1) is 0 Å². The summed E-state index contributed by atoms with van der Waals surface area (Å²) in [6.07, 6.45) is 0. The summed E-state index contributed by atoms with van der Waals surface area (Å²) in [6, 6.07) is 8.12. The molecule has 128 valence electrons. The van der Waals surface area contributed by atoms with E-state index in [-0.39, 0.29) is 18.6 Å². The Morgan fingerprint density at radius 3 is 2.61 bits per heavy atom. The van der Waals surface area contributed by atoms with Crippen molar-refractivity contribution in [3.63, 3.8) is 0 Å². The summed E-state index contributed by atoms with van der Waals surface area (Å²) in [5.41, 5.74) is 1.16. The lowest BCUT2D eigenvalue weighted by atomic mass is 10.0. The van der Waals surface area contributed by atoms with Gasteiger partial charge in [0.15, 0.2) is 0 Å². The van der Waals surface area contributed by atoms with Crippen LogP contribution in [0.4, 0.5) is 0 Å². The quantitative estimate of drug-likeness (QED) is 0.780. The number of carbonyl (C=O) groups excluding carboxylic acids is 1. The highest BCUT2D eigenvalue weighted by atomic mass is 16.5. The molecule has 0 aliphatic carbocycles. The van der Waals surface area contributed by atoms with Crippen molar-refractivity contribution in [3.8, 4) is 5.75 Å². The number of hydrogen-bond donors (Lipinski definition) is 1. The number of benzene rings is 1. The Hall–Kier alpha value is -1.63. The van der Waals surface area contributed by atoms with Gasteiger partial charge in [-0.1, -0.05) is 12.1 Å². The molecule has 0 saturated carbocycles. The monoisotopic (exact) mass is 322 g/mol. The number of rotatable bonds is 8. The van der Waals surface area contributed by atoms with Crippen LogP contribution in [0.15, 0.2) is 24.3 Å². The molecule has 1 aromatic rings. The summed E-state index contributed by atoms with van der Waals surface area (Å²) >= 11 is 0. The lowest BCUT2D eigenvalue weighted by molar-refractivity contribution is -0.125. The highest BCUT2D eigenvalue weighted by Gasteiger charge is 2.23. The van der Waals surface area contributed by atoms with E-state index in [4.69, 9.17) is 14.2 Å². The molecule has 1 N–H and O–H groups in total. The molecule has 1 aliphatic heterocycles. The van der Waals surface area contributed by atoms with Crippen molar-refractivity contribution < 1.29 is 19.0 Å². The molecule has 23 heavy (non-hydrogen) atoms. The van der Waals surface area contributed by atoms with Gasteiger partial charge >= 0.3 is 0 Å². The number of hydrogen-bond acceptors (Lipinski definition) is 5. The zero-order valence-corrected chi connectivity index (χ0v) is 13.9. The van der Waals surface area contributed by atoms with Gasteiger partial charge in [-0.2, -0.15) is 0 Å². The molecule has 0 spiro atoms. The Bertz CT molecular complexity index is 472. The molecule has 2 rings (SSSR count). The van der Waals surface area contributed by atoms with Gasteiger partial charge in [0.1, 0.15) is 12.4 Å². The molecule has 1 heterocycles. The van der Waals surface area contributed by atoms with Crippen LogP contribution in [0.25, 0.3) is 0 Å². The second kappa shape index (κ2) is 9.50. The van der Waals surface area contributed by atoms with E-state index in [2.05, 4.69) is 10.2 Å². The van der Waals surface area contributed by atoms with Gasteiger partial charge in [0.25, 0.3) is 0 Å². The third-order valence-electron chi connectivity index (χ3n) is 3.92. The molecular weight excluding hydrogens is 296 g/mol. The fourth-order valence-corrected chi connectivity index (χ4v) is 2.63. The molecule has 1 aromatic carbocycles. The van der Waals surface area contributed by atoms with E-state index < -0.39 is 0 Å². The Morgan fingerprint density at radius 2 is 2.00 bits per heavy atom. The summed E-state index contributed by atoms with van der Waals surface area (Å²) in [5, 5.41) is 2.96. The van der Waals surface area contributed by atoms with Gasteiger partial charge in [0, 0.05) is 26.2 Å². The number of ether oxygens (including phenoxy) is 3. The Balaban J connectivity index is 2.02. The van der Waals surface area contributed by atoms with Crippen LogP contribution in [0.3, 0.4) is 0 Å². The van der Waals surface area contributed by atoms with E-state index in [1.807, 2.05) is 31.2 Å². The first-order valence-corrected chi connectivity index (χ1v) is 8.04. The number of nitrogens with one attached hydrogen (secondary N) is 1. The molecule has 6 nitrogen and oxygen atoms in total. The first-order valence-electron chi connectivity index (χ1n) is 8.04. The normalized spacial score (nSPS) is 16.8. The van der Waals surface area contributed by atoms with E-state index in [0.717, 1.165) is 37.6 Å². The number of amides is 1. The van der Waals surface area contributed by atoms with Gasteiger partial charge in [0.2, 0.25) is 5.91 Å². The molecule has 0 aromatic heterocycles. The van der Waals surface area contributed by atoms with Crippen LogP contribution >= 0.6 is 0 Å². The van der Waals surface area contributed by atoms with Gasteiger partial charge < -0.3 is 19.5 Å². The SMILES string of the molecule is CCOCC(=O)NCC(c1ccc(OC)cc1)N1CCOCC1. The standard InChI is InChI=1S/C17H26N2O4/c1-3-22-13-17(20)18-12-16(19-8-10-23-11-9-19)14-4-6-15(21-2)7-5-14/h4-7,16H,3,8-13H2,1-2H3,(H,18,20). The van der Waals surface area contributed by atoms with Gasteiger partial charge in [0.05, 0.1) is 26.4 Å². The molecule has 1 amide bonds. The average molecular weight is 322 g/mol. The van der Waals surface area contributed by atoms with Crippen LogP contribution < -0.4 is 10.1 Å². The summed E-state index contributed by atoms with van der Waals surface area (Å²) < 4.78 is 15.8. The maximum atomic E-state index is 11.8. The Kier molecular flexibility index (Phi) is 7.32.